The van der Waals surface area contributed by atoms with Gasteiger partial charge in [0.2, 0.25) is 11.8 Å². The maximum absolute atomic E-state index is 12.7. The average Bonchev–Trinajstić information content (AvgIpc) is 3.25. The molecule has 3 N–H and O–H groups in total. The minimum atomic E-state index is -0.250. The third-order valence-corrected chi connectivity index (χ3v) is 6.70. The van der Waals surface area contributed by atoms with Crippen LogP contribution in [-0.2, 0) is 14.4 Å². The fourth-order valence-corrected chi connectivity index (χ4v) is 4.87. The second kappa shape index (κ2) is 11.2. The van der Waals surface area contributed by atoms with Gasteiger partial charge in [-0.05, 0) is 43.0 Å². The molecule has 10 heteroatoms. The molecule has 3 amide bonds. The van der Waals surface area contributed by atoms with Gasteiger partial charge in [0, 0.05) is 55.6 Å². The lowest BCUT2D eigenvalue weighted by Crippen LogP contribution is -2.51. The summed E-state index contributed by atoms with van der Waals surface area (Å²) in [7, 11) is 0. The van der Waals surface area contributed by atoms with E-state index in [1.807, 2.05) is 16.8 Å². The van der Waals surface area contributed by atoms with E-state index < -0.39 is 0 Å². The normalized spacial score (nSPS) is 23.5. The van der Waals surface area contributed by atoms with E-state index >= 15 is 0 Å². The van der Waals surface area contributed by atoms with Gasteiger partial charge >= 0.3 is 0 Å². The Kier molecular flexibility index (Phi) is 8.42. The van der Waals surface area contributed by atoms with E-state index in [4.69, 9.17) is 9.90 Å². The maximum atomic E-state index is 12.7. The van der Waals surface area contributed by atoms with Crippen LogP contribution in [-0.4, -0.2) is 83.9 Å². The lowest BCUT2D eigenvalue weighted by atomic mass is 10.1. The second-order valence-electron chi connectivity index (χ2n) is 8.22. The van der Waals surface area contributed by atoms with Crippen molar-refractivity contribution in [1.82, 2.24) is 20.4 Å². The number of hydrogen-bond acceptors (Lipinski definition) is 6. The van der Waals surface area contributed by atoms with Crippen LogP contribution in [0.15, 0.2) is 16.8 Å². The number of piperazine rings is 1. The summed E-state index contributed by atoms with van der Waals surface area (Å²) in [5.74, 6) is 0.705. The maximum Gasteiger partial charge on any atom is 0.290 e. The predicted octanol–water partition coefficient (Wildman–Crippen LogP) is 0.770. The number of nitrogens with one attached hydrogen (secondary N) is 2. The minimum Gasteiger partial charge on any atom is -0.483 e. The number of likely N-dealkylation sites (tertiary alicyclic amines) is 1. The number of amides is 3. The molecule has 9 nitrogen and oxygen atoms in total. The average molecular weight is 451 g/mol. The number of rotatable bonds is 7. The monoisotopic (exact) mass is 450 g/mol. The number of carbonyl (C=O) groups is 4. The van der Waals surface area contributed by atoms with Gasteiger partial charge in [0.15, 0.2) is 0 Å². The zero-order valence-electron chi connectivity index (χ0n) is 17.5. The largest absolute Gasteiger partial charge is 0.483 e. The molecule has 3 heterocycles. The van der Waals surface area contributed by atoms with E-state index in [9.17, 15) is 14.4 Å². The Morgan fingerprint density at radius 2 is 2.00 bits per heavy atom. The number of hydrogen-bond donors (Lipinski definition) is 3. The number of carbonyl (C=O) groups excluding carboxylic acids is 3. The van der Waals surface area contributed by atoms with Crippen molar-refractivity contribution in [3.63, 3.8) is 0 Å². The molecule has 31 heavy (non-hydrogen) atoms. The number of nitrogens with zero attached hydrogens (tertiary/aromatic N) is 2. The highest BCUT2D eigenvalue weighted by Gasteiger charge is 2.38. The quantitative estimate of drug-likeness (QED) is 0.528. The molecule has 0 radical (unpaired) electrons. The smallest absolute Gasteiger partial charge is 0.290 e. The Labute approximate surface area is 185 Å². The zero-order chi connectivity index (χ0) is 22.2. The van der Waals surface area contributed by atoms with Crippen LogP contribution < -0.4 is 10.6 Å². The molecule has 2 saturated heterocycles. The van der Waals surface area contributed by atoms with Crippen LogP contribution in [0.4, 0.5) is 0 Å². The second-order valence-corrected chi connectivity index (χ2v) is 9.00. The summed E-state index contributed by atoms with van der Waals surface area (Å²) in [5, 5.41) is 16.5. The van der Waals surface area contributed by atoms with E-state index in [1.165, 1.54) is 24.2 Å². The van der Waals surface area contributed by atoms with Crippen molar-refractivity contribution in [3.8, 4) is 0 Å². The Morgan fingerprint density at radius 1 is 1.26 bits per heavy atom. The van der Waals surface area contributed by atoms with Crippen molar-refractivity contribution in [1.29, 1.82) is 0 Å². The summed E-state index contributed by atoms with van der Waals surface area (Å²) in [5.41, 5.74) is 0.715. The third-order valence-electron chi connectivity index (χ3n) is 6.02. The summed E-state index contributed by atoms with van der Waals surface area (Å²) in [6, 6.07) is 2.33. The van der Waals surface area contributed by atoms with Crippen molar-refractivity contribution in [2.24, 2.45) is 5.92 Å². The molecule has 170 valence electrons. The molecular weight excluding hydrogens is 420 g/mol. The molecule has 4 rings (SSSR count). The van der Waals surface area contributed by atoms with Crippen LogP contribution in [0.1, 0.15) is 42.5 Å². The molecule has 0 aromatic carbocycles. The molecule has 2 atom stereocenters. The molecule has 1 aromatic rings. The van der Waals surface area contributed by atoms with Gasteiger partial charge in [0.1, 0.15) is 0 Å². The molecule has 3 fully saturated rings. The lowest BCUT2D eigenvalue weighted by Gasteiger charge is -2.32. The van der Waals surface area contributed by atoms with Gasteiger partial charge in [0.05, 0.1) is 6.54 Å². The van der Waals surface area contributed by atoms with Gasteiger partial charge in [-0.25, -0.2) is 0 Å². The summed E-state index contributed by atoms with van der Waals surface area (Å²) >= 11 is 1.52. The highest BCUT2D eigenvalue weighted by Crippen LogP contribution is 2.35. The first kappa shape index (κ1) is 23.2. The third kappa shape index (κ3) is 6.76. The first-order valence-electron chi connectivity index (χ1n) is 10.7. The molecule has 0 spiro atoms. The molecule has 1 aliphatic carbocycles. The van der Waals surface area contributed by atoms with Crippen molar-refractivity contribution in [3.05, 3.63) is 22.4 Å². The molecule has 1 saturated carbocycles. The van der Waals surface area contributed by atoms with Crippen molar-refractivity contribution < 1.29 is 24.3 Å². The van der Waals surface area contributed by atoms with Crippen LogP contribution >= 0.6 is 11.3 Å². The minimum absolute atomic E-state index is 0.0218. The lowest BCUT2D eigenvalue weighted by molar-refractivity contribution is -0.139. The molecular formula is C21H30N4O5S. The predicted molar refractivity (Wildman–Crippen MR) is 116 cm³/mol. The summed E-state index contributed by atoms with van der Waals surface area (Å²) in [6.45, 7) is 2.70. The summed E-state index contributed by atoms with van der Waals surface area (Å²) in [6.07, 6.45) is 4.95. The van der Waals surface area contributed by atoms with Crippen molar-refractivity contribution in [2.75, 3.05) is 32.7 Å². The molecule has 0 unspecified atom stereocenters. The SMILES string of the molecule is O=C1CN(C(=O)C[C@H]2CC[C@@H](CNC(=O)c3ccsc3)N2CC2CC2)CCN1.O=CO. The molecule has 1 aromatic heterocycles. The number of thiophene rings is 1. The Hall–Kier alpha value is -2.46. The highest BCUT2D eigenvalue weighted by molar-refractivity contribution is 7.08. The van der Waals surface area contributed by atoms with Crippen molar-refractivity contribution in [2.45, 2.75) is 44.2 Å². The molecule has 0 bridgehead atoms. The summed E-state index contributed by atoms with van der Waals surface area (Å²) in [4.78, 5) is 49.1. The van der Waals surface area contributed by atoms with Gasteiger partial charge in [0.25, 0.3) is 12.4 Å². The zero-order valence-corrected chi connectivity index (χ0v) is 18.3. The van der Waals surface area contributed by atoms with Gasteiger partial charge in [-0.1, -0.05) is 0 Å². The van der Waals surface area contributed by atoms with Crippen molar-refractivity contribution >= 4 is 35.5 Å². The highest BCUT2D eigenvalue weighted by atomic mass is 32.1. The van der Waals surface area contributed by atoms with Crippen LogP contribution in [0.5, 0.6) is 0 Å². The van der Waals surface area contributed by atoms with Gasteiger partial charge < -0.3 is 20.6 Å². The van der Waals surface area contributed by atoms with Crippen LogP contribution in [0, 0.1) is 5.92 Å². The van der Waals surface area contributed by atoms with E-state index in [1.54, 1.807) is 4.90 Å². The molecule has 3 aliphatic rings. The number of carboxylic acid groups (broad SMARTS) is 1. The Bertz CT molecular complexity index is 768. The standard InChI is InChI=1S/C20H28N4O3S.CH2O2/c25-18-12-23(7-6-21-18)19(26)9-16-3-4-17(24(16)11-14-1-2-14)10-22-20(27)15-5-8-28-13-15;2-1-3/h5,8,13-14,16-17H,1-4,6-7,9-12H2,(H,21,25)(H,22,27);1H,(H,2,3)/t16-,17+;/m1./s1. The van der Waals surface area contributed by atoms with E-state index in [0.29, 0.717) is 31.6 Å². The Balaban J connectivity index is 0.000000858. The van der Waals surface area contributed by atoms with E-state index in [0.717, 1.165) is 25.3 Å². The fraction of sp³-hybridized carbons (Fsp3) is 0.619. The van der Waals surface area contributed by atoms with Crippen LogP contribution in [0.25, 0.3) is 0 Å². The van der Waals surface area contributed by atoms with Gasteiger partial charge in [-0.2, -0.15) is 11.3 Å². The fourth-order valence-electron chi connectivity index (χ4n) is 4.24. The van der Waals surface area contributed by atoms with Crippen LogP contribution in [0.3, 0.4) is 0 Å². The Morgan fingerprint density at radius 3 is 2.65 bits per heavy atom. The first-order chi connectivity index (χ1) is 15.0. The van der Waals surface area contributed by atoms with Gasteiger partial charge in [-0.3, -0.25) is 24.1 Å². The summed E-state index contributed by atoms with van der Waals surface area (Å²) < 4.78 is 0. The first-order valence-corrected chi connectivity index (χ1v) is 11.6. The molecule has 2 aliphatic heterocycles. The topological polar surface area (TPSA) is 119 Å². The van der Waals surface area contributed by atoms with E-state index in [2.05, 4.69) is 15.5 Å². The van der Waals surface area contributed by atoms with E-state index in [-0.39, 0.29) is 42.8 Å². The van der Waals surface area contributed by atoms with Crippen LogP contribution in [0.2, 0.25) is 0 Å². The van der Waals surface area contributed by atoms with Gasteiger partial charge in [-0.15, -0.1) is 0 Å².